The highest BCUT2D eigenvalue weighted by Gasteiger charge is 2.25. The fourth-order valence-corrected chi connectivity index (χ4v) is 10.6. The van der Waals surface area contributed by atoms with Crippen LogP contribution in [0, 0.1) is 0 Å². The van der Waals surface area contributed by atoms with E-state index in [1.54, 1.807) is 0 Å². The minimum atomic E-state index is -1.50. The van der Waals surface area contributed by atoms with Crippen molar-refractivity contribution < 1.29 is 42.9 Å². The first-order valence-corrected chi connectivity index (χ1v) is 34.2. The second-order valence-corrected chi connectivity index (χ2v) is 24.9. The second kappa shape index (κ2) is 60.4. The van der Waals surface area contributed by atoms with E-state index in [9.17, 15) is 19.5 Å². The number of aliphatic carboxylic acids is 1. The summed E-state index contributed by atoms with van der Waals surface area (Å²) in [6.07, 6.45) is 68.3. The van der Waals surface area contributed by atoms with Gasteiger partial charge in [0.25, 0.3) is 6.29 Å². The van der Waals surface area contributed by atoms with Gasteiger partial charge in [0.1, 0.15) is 13.2 Å². The van der Waals surface area contributed by atoms with E-state index in [1.165, 1.54) is 295 Å². The average Bonchev–Trinajstić information content (AvgIpc) is 3.40. The largest absolute Gasteiger partial charge is 0.477 e. The van der Waals surface area contributed by atoms with Crippen molar-refractivity contribution in [2.75, 3.05) is 47.5 Å². The van der Waals surface area contributed by atoms with Crippen molar-refractivity contribution in [3.63, 3.8) is 0 Å². The monoisotopic (exact) mass is 1090 g/mol. The molecule has 458 valence electrons. The zero-order valence-electron chi connectivity index (χ0n) is 52.4. The predicted molar refractivity (Wildman–Crippen MR) is 328 cm³/mol. The van der Waals surface area contributed by atoms with Gasteiger partial charge in [-0.2, -0.15) is 0 Å². The minimum Gasteiger partial charge on any atom is -0.477 e. The van der Waals surface area contributed by atoms with Crippen molar-refractivity contribution >= 4 is 17.9 Å². The summed E-state index contributed by atoms with van der Waals surface area (Å²) in [5.74, 6) is -1.97. The molecule has 0 radical (unpaired) electrons. The molecule has 0 fully saturated rings. The third-order valence-electron chi connectivity index (χ3n) is 15.9. The van der Waals surface area contributed by atoms with Gasteiger partial charge in [-0.1, -0.05) is 335 Å². The zero-order valence-corrected chi connectivity index (χ0v) is 52.4. The van der Waals surface area contributed by atoms with E-state index in [4.69, 9.17) is 18.9 Å². The van der Waals surface area contributed by atoms with E-state index in [2.05, 4.69) is 13.8 Å². The Balaban J connectivity index is 3.83. The van der Waals surface area contributed by atoms with Crippen LogP contribution in [0.1, 0.15) is 361 Å². The van der Waals surface area contributed by atoms with Crippen molar-refractivity contribution in [3.8, 4) is 0 Å². The summed E-state index contributed by atoms with van der Waals surface area (Å²) in [5, 5.41) is 9.70. The third kappa shape index (κ3) is 61.8. The standard InChI is InChI=1S/C68H133NO8/c1-6-8-10-12-14-16-18-20-21-22-23-24-25-26-27-28-29-30-31-32-33-34-35-36-37-38-39-40-41-42-43-44-45-46-47-49-51-53-55-57-59-66(71)77-64(63-76-68(67(72)73)74-61-60-69(3,4)5)62-75-65(70)58-56-54-52-50-48-19-17-15-13-11-9-7-2/h64,68H,6-63H2,1-5H3/p+1. The number of hydrogen-bond donors (Lipinski definition) is 1. The number of hydrogen-bond acceptors (Lipinski definition) is 7. The number of carboxylic acid groups (broad SMARTS) is 1. The van der Waals surface area contributed by atoms with Gasteiger partial charge in [0.15, 0.2) is 6.10 Å². The molecule has 0 saturated heterocycles. The Labute approximate surface area is 479 Å². The Morgan fingerprint density at radius 1 is 0.338 bits per heavy atom. The highest BCUT2D eigenvalue weighted by molar-refractivity contribution is 5.71. The van der Waals surface area contributed by atoms with E-state index in [1.807, 2.05) is 21.1 Å². The molecule has 2 unspecified atom stereocenters. The summed E-state index contributed by atoms with van der Waals surface area (Å²) in [6.45, 7) is 4.94. The number of esters is 2. The van der Waals surface area contributed by atoms with Crippen LogP contribution in [0.4, 0.5) is 0 Å². The van der Waals surface area contributed by atoms with Gasteiger partial charge in [-0.15, -0.1) is 0 Å². The lowest BCUT2D eigenvalue weighted by Crippen LogP contribution is -2.40. The maximum Gasteiger partial charge on any atom is 0.361 e. The average molecular weight is 1090 g/mol. The third-order valence-corrected chi connectivity index (χ3v) is 15.9. The molecule has 0 aliphatic heterocycles. The number of quaternary nitrogens is 1. The van der Waals surface area contributed by atoms with Crippen LogP contribution in [0.25, 0.3) is 0 Å². The number of nitrogens with zero attached hydrogens (tertiary/aromatic N) is 1. The van der Waals surface area contributed by atoms with Gasteiger partial charge in [0, 0.05) is 12.8 Å². The van der Waals surface area contributed by atoms with E-state index in [0.717, 1.165) is 38.5 Å². The molecule has 0 heterocycles. The Hall–Kier alpha value is -1.71. The Bertz CT molecular complexity index is 1220. The molecule has 0 aromatic rings. The van der Waals surface area contributed by atoms with Crippen molar-refractivity contribution in [2.24, 2.45) is 0 Å². The summed E-state index contributed by atoms with van der Waals surface area (Å²) in [6, 6.07) is 0. The first kappa shape index (κ1) is 75.3. The molecule has 9 heteroatoms. The summed E-state index contributed by atoms with van der Waals surface area (Å²) < 4.78 is 22.9. The number of carboxylic acids is 1. The molecule has 1 N–H and O–H groups in total. The lowest BCUT2D eigenvalue weighted by atomic mass is 10.0. The normalized spacial score (nSPS) is 12.6. The van der Waals surface area contributed by atoms with Gasteiger partial charge in [0.2, 0.25) is 0 Å². The van der Waals surface area contributed by atoms with E-state index in [-0.39, 0.29) is 38.2 Å². The number of rotatable bonds is 65. The van der Waals surface area contributed by atoms with Crippen LogP contribution in [-0.4, -0.2) is 87.4 Å². The van der Waals surface area contributed by atoms with E-state index >= 15 is 0 Å². The van der Waals surface area contributed by atoms with Crippen LogP contribution in [0.15, 0.2) is 0 Å². The van der Waals surface area contributed by atoms with Crippen molar-refractivity contribution in [3.05, 3.63) is 0 Å². The van der Waals surface area contributed by atoms with Crippen LogP contribution < -0.4 is 0 Å². The fraction of sp³-hybridized carbons (Fsp3) is 0.956. The van der Waals surface area contributed by atoms with Gasteiger partial charge in [-0.3, -0.25) is 9.59 Å². The van der Waals surface area contributed by atoms with Crippen molar-refractivity contribution in [1.29, 1.82) is 0 Å². The molecule has 2 atom stereocenters. The molecule has 0 aromatic carbocycles. The molecule has 0 aliphatic carbocycles. The van der Waals surface area contributed by atoms with Crippen LogP contribution in [-0.2, 0) is 33.3 Å². The molecule has 0 amide bonds. The zero-order chi connectivity index (χ0) is 56.2. The van der Waals surface area contributed by atoms with Gasteiger partial charge in [-0.25, -0.2) is 4.79 Å². The summed E-state index contributed by atoms with van der Waals surface area (Å²) in [4.78, 5) is 37.4. The number of likely N-dealkylation sites (N-methyl/N-ethyl adjacent to an activating group) is 1. The van der Waals surface area contributed by atoms with Gasteiger partial charge in [0.05, 0.1) is 34.4 Å². The molecule has 0 bridgehead atoms. The Kier molecular flexibility index (Phi) is 59.0. The Morgan fingerprint density at radius 2 is 0.584 bits per heavy atom. The molecule has 0 saturated carbocycles. The summed E-state index contributed by atoms with van der Waals surface area (Å²) >= 11 is 0. The highest BCUT2D eigenvalue weighted by atomic mass is 16.7. The number of ether oxygens (including phenoxy) is 4. The lowest BCUT2D eigenvalue weighted by molar-refractivity contribution is -0.870. The van der Waals surface area contributed by atoms with E-state index in [0.29, 0.717) is 17.4 Å². The molecular weight excluding hydrogens is 959 g/mol. The number of carbonyl (C=O) groups excluding carboxylic acids is 2. The Morgan fingerprint density at radius 3 is 0.831 bits per heavy atom. The summed E-state index contributed by atoms with van der Waals surface area (Å²) in [5.41, 5.74) is 0. The van der Waals surface area contributed by atoms with Gasteiger partial charge >= 0.3 is 17.9 Å². The minimum absolute atomic E-state index is 0.173. The van der Waals surface area contributed by atoms with Crippen LogP contribution in [0.5, 0.6) is 0 Å². The number of unbranched alkanes of at least 4 members (excludes halogenated alkanes) is 50. The lowest BCUT2D eigenvalue weighted by Gasteiger charge is -2.25. The molecule has 0 rings (SSSR count). The smallest absolute Gasteiger partial charge is 0.361 e. The van der Waals surface area contributed by atoms with Crippen LogP contribution in [0.2, 0.25) is 0 Å². The molecule has 0 spiro atoms. The predicted octanol–water partition coefficient (Wildman–Crippen LogP) is 20.7. The molecule has 0 aliphatic rings. The quantitative estimate of drug-likeness (QED) is 0.0278. The molecule has 9 nitrogen and oxygen atoms in total. The SMILES string of the molecule is CCCCCCCCCCCCCCCCCCCCCCCCCCCCCCCCCCCCCCCCCCC(=O)OC(COC(=O)CCCCCCCCCCCCCC)COC(OCC[N+](C)(C)C)C(=O)O. The maximum absolute atomic E-state index is 12.9. The van der Waals surface area contributed by atoms with Crippen molar-refractivity contribution in [2.45, 2.75) is 373 Å². The molecule has 77 heavy (non-hydrogen) atoms. The number of carbonyl (C=O) groups is 3. The van der Waals surface area contributed by atoms with Crippen LogP contribution in [0.3, 0.4) is 0 Å². The second-order valence-electron chi connectivity index (χ2n) is 24.9. The maximum atomic E-state index is 12.9. The topological polar surface area (TPSA) is 108 Å². The fourth-order valence-electron chi connectivity index (χ4n) is 10.6. The van der Waals surface area contributed by atoms with Gasteiger partial charge in [-0.05, 0) is 12.8 Å². The first-order chi connectivity index (χ1) is 37.6. The summed E-state index contributed by atoms with van der Waals surface area (Å²) in [7, 11) is 5.98. The molecular formula is C68H134NO8+. The van der Waals surface area contributed by atoms with Crippen molar-refractivity contribution in [1.82, 2.24) is 0 Å². The highest BCUT2D eigenvalue weighted by Crippen LogP contribution is 2.19. The molecule has 0 aromatic heterocycles. The first-order valence-electron chi connectivity index (χ1n) is 34.2. The van der Waals surface area contributed by atoms with Crippen LogP contribution >= 0.6 is 0 Å². The van der Waals surface area contributed by atoms with E-state index < -0.39 is 18.4 Å². The van der Waals surface area contributed by atoms with Gasteiger partial charge < -0.3 is 28.5 Å².